The molecule has 0 radical (unpaired) electrons. The summed E-state index contributed by atoms with van der Waals surface area (Å²) in [6.45, 7) is 3.90. The number of esters is 1. The lowest BCUT2D eigenvalue weighted by atomic mass is 10.1. The van der Waals surface area contributed by atoms with Crippen LogP contribution in [0, 0.1) is 0 Å². The van der Waals surface area contributed by atoms with Gasteiger partial charge >= 0.3 is 5.97 Å². The van der Waals surface area contributed by atoms with E-state index in [1.807, 2.05) is 24.3 Å². The molecule has 1 atom stereocenters. The molecule has 0 saturated heterocycles. The van der Waals surface area contributed by atoms with E-state index >= 15 is 0 Å². The van der Waals surface area contributed by atoms with Crippen LogP contribution < -0.4 is 0 Å². The molecule has 1 aromatic carbocycles. The summed E-state index contributed by atoms with van der Waals surface area (Å²) in [6.07, 6.45) is -0.185. The van der Waals surface area contributed by atoms with Crippen LogP contribution in [0.1, 0.15) is 31.1 Å². The van der Waals surface area contributed by atoms with Crippen LogP contribution in [0.4, 0.5) is 0 Å². The second-order valence-electron chi connectivity index (χ2n) is 3.40. The predicted octanol–water partition coefficient (Wildman–Crippen LogP) is 1.85. The lowest BCUT2D eigenvalue weighted by molar-refractivity contribution is -0.142. The maximum absolute atomic E-state index is 11.2. The summed E-state index contributed by atoms with van der Waals surface area (Å²) in [5.74, 6) is -0.220. The van der Waals surface area contributed by atoms with Crippen LogP contribution >= 0.6 is 0 Å². The van der Waals surface area contributed by atoms with E-state index in [4.69, 9.17) is 4.74 Å². The normalized spacial score (nSPS) is 12.2. The fraction of sp³-hybridized carbons (Fsp3) is 0.417. The molecular formula is C12H16O3. The number of ether oxygens (including phenoxy) is 1. The Labute approximate surface area is 89.7 Å². The van der Waals surface area contributed by atoms with Crippen LogP contribution in [0.2, 0.25) is 0 Å². The summed E-state index contributed by atoms with van der Waals surface area (Å²) in [6, 6.07) is 7.30. The zero-order valence-corrected chi connectivity index (χ0v) is 9.06. The van der Waals surface area contributed by atoms with Crippen molar-refractivity contribution in [1.29, 1.82) is 0 Å². The summed E-state index contributed by atoms with van der Waals surface area (Å²) < 4.78 is 4.84. The minimum absolute atomic E-state index is 0.220. The standard InChI is InChI=1S/C12H16O3/c1-3-15-12(14)8-10-4-6-11(7-5-10)9(2)13/h4-7,9,13H,3,8H2,1-2H3. The number of aliphatic hydroxyl groups excluding tert-OH is 1. The van der Waals surface area contributed by atoms with Crippen molar-refractivity contribution in [2.45, 2.75) is 26.4 Å². The molecule has 0 saturated carbocycles. The van der Waals surface area contributed by atoms with Gasteiger partial charge in [-0.15, -0.1) is 0 Å². The van der Waals surface area contributed by atoms with E-state index in [2.05, 4.69) is 0 Å². The number of rotatable bonds is 4. The fourth-order valence-electron chi connectivity index (χ4n) is 1.29. The van der Waals surface area contributed by atoms with Crippen LogP contribution in [0.25, 0.3) is 0 Å². The van der Waals surface area contributed by atoms with Gasteiger partial charge in [-0.05, 0) is 25.0 Å². The van der Waals surface area contributed by atoms with Crippen LogP contribution in [0.5, 0.6) is 0 Å². The van der Waals surface area contributed by atoms with Gasteiger partial charge in [-0.2, -0.15) is 0 Å². The lowest BCUT2D eigenvalue weighted by Crippen LogP contribution is -2.07. The molecule has 0 aliphatic rings. The van der Waals surface area contributed by atoms with Crippen molar-refractivity contribution in [3.63, 3.8) is 0 Å². The van der Waals surface area contributed by atoms with Crippen molar-refractivity contribution in [2.75, 3.05) is 6.61 Å². The first kappa shape index (κ1) is 11.7. The van der Waals surface area contributed by atoms with Gasteiger partial charge in [-0.1, -0.05) is 24.3 Å². The van der Waals surface area contributed by atoms with Gasteiger partial charge in [0.15, 0.2) is 0 Å². The SMILES string of the molecule is CCOC(=O)Cc1ccc(C(C)O)cc1. The van der Waals surface area contributed by atoms with E-state index in [1.54, 1.807) is 13.8 Å². The molecule has 1 rings (SSSR count). The molecular weight excluding hydrogens is 192 g/mol. The predicted molar refractivity (Wildman–Crippen MR) is 57.4 cm³/mol. The summed E-state index contributed by atoms with van der Waals surface area (Å²) in [7, 11) is 0. The van der Waals surface area contributed by atoms with E-state index in [1.165, 1.54) is 0 Å². The molecule has 1 unspecified atom stereocenters. The Morgan fingerprint density at radius 2 is 2.00 bits per heavy atom. The zero-order valence-electron chi connectivity index (χ0n) is 9.06. The first-order chi connectivity index (χ1) is 7.13. The number of benzene rings is 1. The molecule has 0 bridgehead atoms. The molecule has 0 amide bonds. The summed E-state index contributed by atoms with van der Waals surface area (Å²) in [5, 5.41) is 9.29. The van der Waals surface area contributed by atoms with Gasteiger partial charge < -0.3 is 9.84 Å². The van der Waals surface area contributed by atoms with Gasteiger partial charge in [-0.3, -0.25) is 4.79 Å². The van der Waals surface area contributed by atoms with Crippen LogP contribution in [0.3, 0.4) is 0 Å². The number of hydrogen-bond acceptors (Lipinski definition) is 3. The summed E-state index contributed by atoms with van der Waals surface area (Å²) in [4.78, 5) is 11.2. The van der Waals surface area contributed by atoms with E-state index in [0.717, 1.165) is 11.1 Å². The highest BCUT2D eigenvalue weighted by molar-refractivity contribution is 5.72. The third-order valence-corrected chi connectivity index (χ3v) is 2.12. The highest BCUT2D eigenvalue weighted by atomic mass is 16.5. The van der Waals surface area contributed by atoms with Crippen molar-refractivity contribution >= 4 is 5.97 Å². The Bertz CT molecular complexity index is 314. The first-order valence-corrected chi connectivity index (χ1v) is 5.06. The molecule has 0 spiro atoms. The summed E-state index contributed by atoms with van der Waals surface area (Å²) in [5.41, 5.74) is 1.75. The first-order valence-electron chi connectivity index (χ1n) is 5.06. The Morgan fingerprint density at radius 3 is 2.47 bits per heavy atom. The molecule has 0 fully saturated rings. The number of carbonyl (C=O) groups excluding carboxylic acids is 1. The largest absolute Gasteiger partial charge is 0.466 e. The van der Waals surface area contributed by atoms with Crippen LogP contribution in [-0.4, -0.2) is 17.7 Å². The maximum atomic E-state index is 11.2. The second kappa shape index (κ2) is 5.51. The topological polar surface area (TPSA) is 46.5 Å². The average Bonchev–Trinajstić information content (AvgIpc) is 2.18. The third kappa shape index (κ3) is 3.72. The van der Waals surface area contributed by atoms with Gasteiger partial charge in [0.25, 0.3) is 0 Å². The average molecular weight is 208 g/mol. The molecule has 0 aliphatic heterocycles. The Hall–Kier alpha value is -1.35. The van der Waals surface area contributed by atoms with Crippen molar-refractivity contribution in [1.82, 2.24) is 0 Å². The highest BCUT2D eigenvalue weighted by Gasteiger charge is 2.05. The second-order valence-corrected chi connectivity index (χ2v) is 3.40. The van der Waals surface area contributed by atoms with Gasteiger partial charge in [0.05, 0.1) is 19.1 Å². The maximum Gasteiger partial charge on any atom is 0.310 e. The van der Waals surface area contributed by atoms with Gasteiger partial charge in [0.1, 0.15) is 0 Å². The molecule has 0 heterocycles. The molecule has 82 valence electrons. The van der Waals surface area contributed by atoms with Crippen LogP contribution in [0.15, 0.2) is 24.3 Å². The number of carbonyl (C=O) groups is 1. The monoisotopic (exact) mass is 208 g/mol. The van der Waals surface area contributed by atoms with Crippen LogP contribution in [-0.2, 0) is 16.0 Å². The number of hydrogen-bond donors (Lipinski definition) is 1. The molecule has 0 aromatic heterocycles. The van der Waals surface area contributed by atoms with E-state index in [9.17, 15) is 9.90 Å². The molecule has 0 aliphatic carbocycles. The van der Waals surface area contributed by atoms with E-state index in [0.29, 0.717) is 6.61 Å². The van der Waals surface area contributed by atoms with Gasteiger partial charge in [0, 0.05) is 0 Å². The minimum atomic E-state index is -0.471. The summed E-state index contributed by atoms with van der Waals surface area (Å²) >= 11 is 0. The van der Waals surface area contributed by atoms with Crippen molar-refractivity contribution in [3.05, 3.63) is 35.4 Å². The van der Waals surface area contributed by atoms with Crippen molar-refractivity contribution in [2.24, 2.45) is 0 Å². The minimum Gasteiger partial charge on any atom is -0.466 e. The Balaban J connectivity index is 2.60. The van der Waals surface area contributed by atoms with Gasteiger partial charge in [0.2, 0.25) is 0 Å². The smallest absolute Gasteiger partial charge is 0.310 e. The van der Waals surface area contributed by atoms with Gasteiger partial charge in [-0.25, -0.2) is 0 Å². The fourth-order valence-corrected chi connectivity index (χ4v) is 1.29. The molecule has 1 N–H and O–H groups in total. The molecule has 3 heteroatoms. The number of aliphatic hydroxyl groups is 1. The molecule has 15 heavy (non-hydrogen) atoms. The molecule has 1 aromatic rings. The zero-order chi connectivity index (χ0) is 11.3. The van der Waals surface area contributed by atoms with Crippen molar-refractivity contribution in [3.8, 4) is 0 Å². The van der Waals surface area contributed by atoms with Crippen molar-refractivity contribution < 1.29 is 14.6 Å². The highest BCUT2D eigenvalue weighted by Crippen LogP contribution is 2.13. The quantitative estimate of drug-likeness (QED) is 0.768. The molecule has 3 nitrogen and oxygen atoms in total. The van der Waals surface area contributed by atoms with E-state index < -0.39 is 6.10 Å². The van der Waals surface area contributed by atoms with E-state index in [-0.39, 0.29) is 12.4 Å². The lowest BCUT2D eigenvalue weighted by Gasteiger charge is -2.06. The Morgan fingerprint density at radius 1 is 1.40 bits per heavy atom. The Kier molecular flexibility index (Phi) is 4.31. The third-order valence-electron chi connectivity index (χ3n) is 2.12.